The quantitative estimate of drug-likeness (QED) is 0.637. The number of benzene rings is 1. The Morgan fingerprint density at radius 3 is 2.70 bits per heavy atom. The third-order valence-corrected chi connectivity index (χ3v) is 3.57. The van der Waals surface area contributed by atoms with E-state index in [9.17, 15) is 0 Å². The molecule has 106 valence electrons. The van der Waals surface area contributed by atoms with Crippen molar-refractivity contribution in [1.82, 2.24) is 9.97 Å². The maximum absolute atomic E-state index is 5.95. The largest absolute Gasteiger partial charge is 0.438 e. The molecule has 4 nitrogen and oxygen atoms in total. The first-order valence-corrected chi connectivity index (χ1v) is 7.79. The molecule has 20 heavy (non-hydrogen) atoms. The molecule has 0 N–H and O–H groups in total. The van der Waals surface area contributed by atoms with Crippen molar-refractivity contribution in [3.63, 3.8) is 0 Å². The van der Waals surface area contributed by atoms with E-state index in [1.807, 2.05) is 25.1 Å². The van der Waals surface area contributed by atoms with Crippen molar-refractivity contribution >= 4 is 43.5 Å². The number of halogens is 3. The normalized spacial score (nSPS) is 10.6. The van der Waals surface area contributed by atoms with E-state index < -0.39 is 0 Å². The Balaban J connectivity index is 2.21. The summed E-state index contributed by atoms with van der Waals surface area (Å²) in [5, 5.41) is 0.318. The van der Waals surface area contributed by atoms with Gasteiger partial charge in [-0.2, -0.15) is 4.98 Å². The smallest absolute Gasteiger partial charge is 0.224 e. The van der Waals surface area contributed by atoms with Gasteiger partial charge in [-0.3, -0.25) is 0 Å². The molecule has 0 fully saturated rings. The predicted octanol–water partition coefficient (Wildman–Crippen LogP) is 4.98. The molecule has 0 amide bonds. The highest BCUT2D eigenvalue weighted by molar-refractivity contribution is 9.11. The Morgan fingerprint density at radius 2 is 2.00 bits per heavy atom. The van der Waals surface area contributed by atoms with Crippen LogP contribution in [0.2, 0.25) is 5.15 Å². The molecule has 0 unspecified atom stereocenters. The first-order chi connectivity index (χ1) is 9.58. The van der Waals surface area contributed by atoms with E-state index in [4.69, 9.17) is 21.1 Å². The molecule has 1 aromatic carbocycles. The highest BCUT2D eigenvalue weighted by Gasteiger charge is 2.08. The van der Waals surface area contributed by atoms with E-state index in [0.29, 0.717) is 35.8 Å². The van der Waals surface area contributed by atoms with Crippen LogP contribution in [0.5, 0.6) is 11.6 Å². The lowest BCUT2D eigenvalue weighted by atomic mass is 10.3. The van der Waals surface area contributed by atoms with Crippen LogP contribution in [0.3, 0.4) is 0 Å². The Labute approximate surface area is 138 Å². The van der Waals surface area contributed by atoms with Crippen LogP contribution in [0.25, 0.3) is 0 Å². The summed E-state index contributed by atoms with van der Waals surface area (Å²) in [6, 6.07) is 7.15. The molecule has 1 heterocycles. The molecule has 0 saturated carbocycles. The van der Waals surface area contributed by atoms with Gasteiger partial charge >= 0.3 is 0 Å². The van der Waals surface area contributed by atoms with Gasteiger partial charge < -0.3 is 9.47 Å². The van der Waals surface area contributed by atoms with Gasteiger partial charge in [-0.1, -0.05) is 27.5 Å². The molecule has 2 rings (SSSR count). The fraction of sp³-hybridized carbons (Fsp3) is 0.231. The SMILES string of the molecule is CCOCc1nc(Cl)cc(Oc2ccc(Br)cc2Br)n1. The summed E-state index contributed by atoms with van der Waals surface area (Å²) in [6.45, 7) is 2.79. The average molecular weight is 423 g/mol. The molecule has 0 radical (unpaired) electrons. The van der Waals surface area contributed by atoms with Gasteiger partial charge in [-0.05, 0) is 41.1 Å². The predicted molar refractivity (Wildman–Crippen MR) is 84.3 cm³/mol. The van der Waals surface area contributed by atoms with Crippen molar-refractivity contribution in [1.29, 1.82) is 0 Å². The minimum Gasteiger partial charge on any atom is -0.438 e. The molecule has 1 aromatic heterocycles. The van der Waals surface area contributed by atoms with Gasteiger partial charge in [-0.15, -0.1) is 0 Å². The number of nitrogens with zero attached hydrogens (tertiary/aromatic N) is 2. The maximum atomic E-state index is 5.95. The zero-order valence-corrected chi connectivity index (χ0v) is 14.5. The molecule has 7 heteroatoms. The molecule has 0 aliphatic rings. The van der Waals surface area contributed by atoms with Crippen molar-refractivity contribution in [2.75, 3.05) is 6.61 Å². The summed E-state index contributed by atoms with van der Waals surface area (Å²) in [5.41, 5.74) is 0. The van der Waals surface area contributed by atoms with Crippen LogP contribution in [0.1, 0.15) is 12.7 Å². The van der Waals surface area contributed by atoms with Gasteiger partial charge in [0.1, 0.15) is 17.5 Å². The standard InChI is InChI=1S/C13H11Br2ClN2O2/c1-2-19-7-12-17-11(16)6-13(18-12)20-10-4-3-8(14)5-9(10)15/h3-6H,2,7H2,1H3. The van der Waals surface area contributed by atoms with Crippen LogP contribution in [0.4, 0.5) is 0 Å². The minimum absolute atomic E-state index is 0.301. The van der Waals surface area contributed by atoms with Gasteiger partial charge in [0, 0.05) is 17.1 Å². The molecule has 2 aromatic rings. The highest BCUT2D eigenvalue weighted by atomic mass is 79.9. The van der Waals surface area contributed by atoms with Gasteiger partial charge in [-0.25, -0.2) is 4.98 Å². The van der Waals surface area contributed by atoms with E-state index in [0.717, 1.165) is 8.95 Å². The molecular formula is C13H11Br2ClN2O2. The third-order valence-electron chi connectivity index (χ3n) is 2.26. The van der Waals surface area contributed by atoms with Crippen LogP contribution < -0.4 is 4.74 Å². The average Bonchev–Trinajstić information content (AvgIpc) is 2.39. The van der Waals surface area contributed by atoms with Crippen molar-refractivity contribution in [2.45, 2.75) is 13.5 Å². The monoisotopic (exact) mass is 420 g/mol. The Morgan fingerprint density at radius 1 is 1.20 bits per heavy atom. The number of rotatable bonds is 5. The summed E-state index contributed by atoms with van der Waals surface area (Å²) in [6.07, 6.45) is 0. The number of ether oxygens (including phenoxy) is 2. The van der Waals surface area contributed by atoms with E-state index in [1.54, 1.807) is 6.07 Å². The fourth-order valence-corrected chi connectivity index (χ4v) is 2.74. The van der Waals surface area contributed by atoms with Crippen LogP contribution >= 0.6 is 43.5 Å². The van der Waals surface area contributed by atoms with Gasteiger partial charge in [0.15, 0.2) is 5.82 Å². The molecule has 0 spiro atoms. The lowest BCUT2D eigenvalue weighted by molar-refractivity contribution is 0.128. The number of aromatic nitrogens is 2. The van der Waals surface area contributed by atoms with Crippen molar-refractivity contribution < 1.29 is 9.47 Å². The Kier molecular flexibility index (Phi) is 5.77. The topological polar surface area (TPSA) is 44.2 Å². The van der Waals surface area contributed by atoms with Gasteiger partial charge in [0.05, 0.1) is 4.47 Å². The van der Waals surface area contributed by atoms with E-state index in [2.05, 4.69) is 41.8 Å². The van der Waals surface area contributed by atoms with E-state index in [1.165, 1.54) is 0 Å². The molecule has 0 aliphatic carbocycles. The van der Waals surface area contributed by atoms with Crippen molar-refractivity contribution in [2.24, 2.45) is 0 Å². The second-order valence-electron chi connectivity index (χ2n) is 3.76. The van der Waals surface area contributed by atoms with Crippen LogP contribution in [-0.4, -0.2) is 16.6 Å². The lowest BCUT2D eigenvalue weighted by Crippen LogP contribution is -2.01. The Bertz CT molecular complexity index is 611. The zero-order chi connectivity index (χ0) is 14.5. The number of hydrogen-bond donors (Lipinski definition) is 0. The summed E-state index contributed by atoms with van der Waals surface area (Å²) >= 11 is 12.8. The van der Waals surface area contributed by atoms with Crippen molar-refractivity contribution in [3.8, 4) is 11.6 Å². The van der Waals surface area contributed by atoms with Gasteiger partial charge in [0.2, 0.25) is 5.88 Å². The Hall–Kier alpha value is -0.690. The highest BCUT2D eigenvalue weighted by Crippen LogP contribution is 2.31. The van der Waals surface area contributed by atoms with Crippen molar-refractivity contribution in [3.05, 3.63) is 44.2 Å². The van der Waals surface area contributed by atoms with Gasteiger partial charge in [0.25, 0.3) is 0 Å². The molecule has 0 bridgehead atoms. The van der Waals surface area contributed by atoms with Crippen LogP contribution in [0.15, 0.2) is 33.2 Å². The minimum atomic E-state index is 0.301. The molecule has 0 aliphatic heterocycles. The fourth-order valence-electron chi connectivity index (χ4n) is 1.42. The maximum Gasteiger partial charge on any atom is 0.224 e. The lowest BCUT2D eigenvalue weighted by Gasteiger charge is -2.09. The summed E-state index contributed by atoms with van der Waals surface area (Å²) in [5.74, 6) is 1.51. The molecule has 0 saturated heterocycles. The first kappa shape index (κ1) is 15.7. The zero-order valence-electron chi connectivity index (χ0n) is 10.6. The third kappa shape index (κ3) is 4.41. The van der Waals surface area contributed by atoms with Crippen LogP contribution in [0, 0.1) is 0 Å². The second kappa shape index (κ2) is 7.36. The van der Waals surface area contributed by atoms with E-state index >= 15 is 0 Å². The molecular weight excluding hydrogens is 411 g/mol. The summed E-state index contributed by atoms with van der Waals surface area (Å²) in [7, 11) is 0. The summed E-state index contributed by atoms with van der Waals surface area (Å²) < 4.78 is 12.7. The first-order valence-electron chi connectivity index (χ1n) is 5.82. The van der Waals surface area contributed by atoms with E-state index in [-0.39, 0.29) is 0 Å². The second-order valence-corrected chi connectivity index (χ2v) is 5.92. The number of hydrogen-bond acceptors (Lipinski definition) is 4. The van der Waals surface area contributed by atoms with Crippen LogP contribution in [-0.2, 0) is 11.3 Å². The summed E-state index contributed by atoms with van der Waals surface area (Å²) in [4.78, 5) is 8.33. The molecule has 0 atom stereocenters.